The Morgan fingerprint density at radius 1 is 1.22 bits per heavy atom. The van der Waals surface area contributed by atoms with Crippen molar-refractivity contribution in [2.24, 2.45) is 0 Å². The lowest BCUT2D eigenvalue weighted by Gasteiger charge is -2.24. The smallest absolute Gasteiger partial charge is 0.0900 e. The molecule has 0 bridgehead atoms. The van der Waals surface area contributed by atoms with Gasteiger partial charge in [0.25, 0.3) is 0 Å². The Morgan fingerprint density at radius 2 is 1.93 bits per heavy atom. The standard InChI is InChI=1S/C23H34N2O2/c1-6-13-24(17-22(26)18-27-5)16-21-8-7-14-25(21)15-19-9-11-20(12-10-19)23(2,3)4/h6-12,14,22,26H,1,13,15-18H2,2-5H3/t22-/m0/s1. The van der Waals surface area contributed by atoms with E-state index in [0.29, 0.717) is 13.2 Å². The molecule has 0 aliphatic carbocycles. The van der Waals surface area contributed by atoms with Crippen molar-refractivity contribution in [2.75, 3.05) is 26.8 Å². The second kappa shape index (κ2) is 9.88. The molecule has 2 rings (SSSR count). The molecule has 1 heterocycles. The van der Waals surface area contributed by atoms with Gasteiger partial charge in [-0.15, -0.1) is 6.58 Å². The Morgan fingerprint density at radius 3 is 2.52 bits per heavy atom. The van der Waals surface area contributed by atoms with Gasteiger partial charge in [-0.1, -0.05) is 51.1 Å². The van der Waals surface area contributed by atoms with Gasteiger partial charge in [0.15, 0.2) is 0 Å². The van der Waals surface area contributed by atoms with Crippen molar-refractivity contribution < 1.29 is 9.84 Å². The normalized spacial score (nSPS) is 13.1. The maximum absolute atomic E-state index is 10.1. The largest absolute Gasteiger partial charge is 0.389 e. The molecule has 0 spiro atoms. The van der Waals surface area contributed by atoms with Gasteiger partial charge in [-0.05, 0) is 28.7 Å². The predicted molar refractivity (Wildman–Crippen MR) is 112 cm³/mol. The highest BCUT2D eigenvalue weighted by Gasteiger charge is 2.14. The van der Waals surface area contributed by atoms with E-state index in [2.05, 4.69) is 79.4 Å². The summed E-state index contributed by atoms with van der Waals surface area (Å²) in [4.78, 5) is 2.19. The number of aromatic nitrogens is 1. The Labute approximate surface area is 164 Å². The quantitative estimate of drug-likeness (QED) is 0.646. The van der Waals surface area contributed by atoms with E-state index in [4.69, 9.17) is 4.74 Å². The van der Waals surface area contributed by atoms with Gasteiger partial charge in [0, 0.05) is 45.2 Å². The Bertz CT molecular complexity index is 698. The summed E-state index contributed by atoms with van der Waals surface area (Å²) in [5, 5.41) is 10.1. The van der Waals surface area contributed by atoms with Crippen molar-refractivity contribution in [1.29, 1.82) is 0 Å². The molecule has 1 N–H and O–H groups in total. The molecule has 1 atom stereocenters. The van der Waals surface area contributed by atoms with Crippen molar-refractivity contribution in [1.82, 2.24) is 9.47 Å². The molecule has 148 valence electrons. The summed E-state index contributed by atoms with van der Waals surface area (Å²) in [6.45, 7) is 13.8. The van der Waals surface area contributed by atoms with Crippen LogP contribution in [0.3, 0.4) is 0 Å². The molecule has 27 heavy (non-hydrogen) atoms. The fourth-order valence-corrected chi connectivity index (χ4v) is 3.21. The van der Waals surface area contributed by atoms with Gasteiger partial charge in [-0.3, -0.25) is 4.90 Å². The first kappa shape index (κ1) is 21.4. The van der Waals surface area contributed by atoms with Crippen LogP contribution >= 0.6 is 0 Å². The molecule has 1 aromatic heterocycles. The van der Waals surface area contributed by atoms with Gasteiger partial charge < -0.3 is 14.4 Å². The van der Waals surface area contributed by atoms with Crippen LogP contribution in [0, 0.1) is 0 Å². The third kappa shape index (κ3) is 6.65. The summed E-state index contributed by atoms with van der Waals surface area (Å²) < 4.78 is 7.32. The van der Waals surface area contributed by atoms with Crippen LogP contribution in [0.1, 0.15) is 37.6 Å². The minimum absolute atomic E-state index is 0.172. The van der Waals surface area contributed by atoms with Gasteiger partial charge in [-0.2, -0.15) is 0 Å². The highest BCUT2D eigenvalue weighted by molar-refractivity contribution is 5.28. The van der Waals surface area contributed by atoms with E-state index in [1.54, 1.807) is 7.11 Å². The zero-order valence-electron chi connectivity index (χ0n) is 17.2. The van der Waals surface area contributed by atoms with Gasteiger partial charge in [0.1, 0.15) is 0 Å². The zero-order chi connectivity index (χ0) is 19.9. The SMILES string of the molecule is C=CCN(Cc1cccn1Cc1ccc(C(C)(C)C)cc1)C[C@H](O)COC. The van der Waals surface area contributed by atoms with Gasteiger partial charge in [-0.25, -0.2) is 0 Å². The van der Waals surface area contributed by atoms with Crippen molar-refractivity contribution in [3.63, 3.8) is 0 Å². The molecule has 2 aromatic rings. The molecule has 1 aromatic carbocycles. The van der Waals surface area contributed by atoms with Crippen LogP contribution in [0.25, 0.3) is 0 Å². The van der Waals surface area contributed by atoms with Crippen LogP contribution < -0.4 is 0 Å². The number of aliphatic hydroxyl groups excluding tert-OH is 1. The fourth-order valence-electron chi connectivity index (χ4n) is 3.21. The highest BCUT2D eigenvalue weighted by Crippen LogP contribution is 2.22. The van der Waals surface area contributed by atoms with Crippen molar-refractivity contribution in [3.05, 3.63) is 72.1 Å². The molecule has 0 unspecified atom stereocenters. The van der Waals surface area contributed by atoms with Gasteiger partial charge >= 0.3 is 0 Å². The number of hydrogen-bond acceptors (Lipinski definition) is 3. The number of ether oxygens (including phenoxy) is 1. The number of rotatable bonds is 10. The average Bonchev–Trinajstić information content (AvgIpc) is 3.01. The summed E-state index contributed by atoms with van der Waals surface area (Å²) in [6, 6.07) is 13.1. The Balaban J connectivity index is 2.06. The number of benzene rings is 1. The lowest BCUT2D eigenvalue weighted by atomic mass is 9.87. The Hall–Kier alpha value is -1.88. The van der Waals surface area contributed by atoms with Crippen LogP contribution in [0.4, 0.5) is 0 Å². The first-order valence-corrected chi connectivity index (χ1v) is 9.57. The number of nitrogens with zero attached hydrogens (tertiary/aromatic N) is 2. The summed E-state index contributed by atoms with van der Waals surface area (Å²) in [7, 11) is 1.61. The topological polar surface area (TPSA) is 37.6 Å². The number of aliphatic hydroxyl groups is 1. The van der Waals surface area contributed by atoms with Crippen molar-refractivity contribution in [2.45, 2.75) is 45.4 Å². The summed E-state index contributed by atoms with van der Waals surface area (Å²) in [5.41, 5.74) is 4.03. The van der Waals surface area contributed by atoms with Crippen LogP contribution in [0.5, 0.6) is 0 Å². The molecule has 0 fully saturated rings. The molecule has 0 aliphatic rings. The van der Waals surface area contributed by atoms with E-state index in [0.717, 1.165) is 19.6 Å². The van der Waals surface area contributed by atoms with Crippen LogP contribution in [0.2, 0.25) is 0 Å². The van der Waals surface area contributed by atoms with E-state index in [1.165, 1.54) is 16.8 Å². The molecule has 0 amide bonds. The molecule has 0 saturated carbocycles. The fraction of sp³-hybridized carbons (Fsp3) is 0.478. The molecule has 0 saturated heterocycles. The van der Waals surface area contributed by atoms with Crippen LogP contribution in [-0.4, -0.2) is 47.5 Å². The van der Waals surface area contributed by atoms with E-state index >= 15 is 0 Å². The lowest BCUT2D eigenvalue weighted by Crippen LogP contribution is -2.35. The van der Waals surface area contributed by atoms with E-state index in [1.807, 2.05) is 6.08 Å². The summed E-state index contributed by atoms with van der Waals surface area (Å²) in [6.07, 6.45) is 3.49. The highest BCUT2D eigenvalue weighted by atomic mass is 16.5. The van der Waals surface area contributed by atoms with E-state index in [-0.39, 0.29) is 5.41 Å². The molecule has 0 aliphatic heterocycles. The Kier molecular flexibility index (Phi) is 7.84. The molecule has 0 radical (unpaired) electrons. The van der Waals surface area contributed by atoms with E-state index < -0.39 is 6.10 Å². The minimum atomic E-state index is -0.497. The maximum atomic E-state index is 10.1. The van der Waals surface area contributed by atoms with Gasteiger partial charge in [0.05, 0.1) is 12.7 Å². The lowest BCUT2D eigenvalue weighted by molar-refractivity contribution is 0.0381. The van der Waals surface area contributed by atoms with Crippen molar-refractivity contribution >= 4 is 0 Å². The summed E-state index contributed by atoms with van der Waals surface area (Å²) in [5.74, 6) is 0. The first-order valence-electron chi connectivity index (χ1n) is 9.57. The van der Waals surface area contributed by atoms with E-state index in [9.17, 15) is 5.11 Å². The number of methoxy groups -OCH3 is 1. The second-order valence-electron chi connectivity index (χ2n) is 8.17. The average molecular weight is 371 g/mol. The molecule has 4 nitrogen and oxygen atoms in total. The maximum Gasteiger partial charge on any atom is 0.0900 e. The second-order valence-corrected chi connectivity index (χ2v) is 8.17. The van der Waals surface area contributed by atoms with Crippen molar-refractivity contribution in [3.8, 4) is 0 Å². The molecular formula is C23H34N2O2. The molecular weight excluding hydrogens is 336 g/mol. The third-order valence-electron chi connectivity index (χ3n) is 4.70. The van der Waals surface area contributed by atoms with Crippen LogP contribution in [-0.2, 0) is 23.2 Å². The third-order valence-corrected chi connectivity index (χ3v) is 4.70. The minimum Gasteiger partial charge on any atom is -0.389 e. The number of hydrogen-bond donors (Lipinski definition) is 1. The zero-order valence-corrected chi connectivity index (χ0v) is 17.2. The molecule has 4 heteroatoms. The first-order chi connectivity index (χ1) is 12.8. The summed E-state index contributed by atoms with van der Waals surface area (Å²) >= 11 is 0. The van der Waals surface area contributed by atoms with Gasteiger partial charge in [0.2, 0.25) is 0 Å². The predicted octanol–water partition coefficient (Wildman–Crippen LogP) is 3.83. The van der Waals surface area contributed by atoms with Crippen LogP contribution in [0.15, 0.2) is 55.3 Å². The monoisotopic (exact) mass is 370 g/mol.